The van der Waals surface area contributed by atoms with Gasteiger partial charge in [0.15, 0.2) is 6.54 Å². The van der Waals surface area contributed by atoms with E-state index in [1.807, 2.05) is 31.2 Å². The van der Waals surface area contributed by atoms with Crippen LogP contribution >= 0.6 is 11.3 Å². The molecule has 1 aliphatic carbocycles. The Balaban J connectivity index is 1.51. The fraction of sp³-hybridized carbons (Fsp3) is 0.429. The Hall–Kier alpha value is -2.22. The molecular weight excluding hydrogens is 374 g/mol. The van der Waals surface area contributed by atoms with Crippen molar-refractivity contribution in [3.63, 3.8) is 0 Å². The number of thiophene rings is 1. The molecule has 0 bridgehead atoms. The molecule has 1 saturated heterocycles. The van der Waals surface area contributed by atoms with E-state index >= 15 is 0 Å². The van der Waals surface area contributed by atoms with Crippen molar-refractivity contribution in [2.45, 2.75) is 26.2 Å². The standard InChI is InChI=1S/C21H25N3O3S/c1-14-4-2-5-15(12-14)22-20(26)19-16-6-3-7-17(16)28-21(19)23-18(25)13-24-8-10-27-11-9-24/h2,4-5,12H,3,6-11,13H2,1H3,(H,22,26)(H,23,25)/p+1. The smallest absolute Gasteiger partial charge is 0.280 e. The first-order valence-corrected chi connectivity index (χ1v) is 10.7. The predicted molar refractivity (Wildman–Crippen MR) is 110 cm³/mol. The average molecular weight is 401 g/mol. The van der Waals surface area contributed by atoms with Crippen LogP contribution in [0.2, 0.25) is 0 Å². The monoisotopic (exact) mass is 400 g/mol. The van der Waals surface area contributed by atoms with Gasteiger partial charge < -0.3 is 20.3 Å². The van der Waals surface area contributed by atoms with Gasteiger partial charge in [-0.25, -0.2) is 0 Å². The molecule has 7 heteroatoms. The Morgan fingerprint density at radius 2 is 2.00 bits per heavy atom. The fourth-order valence-corrected chi connectivity index (χ4v) is 5.19. The molecule has 1 aliphatic heterocycles. The maximum atomic E-state index is 13.1. The Kier molecular flexibility index (Phi) is 5.75. The number of rotatable bonds is 5. The number of benzene rings is 1. The van der Waals surface area contributed by atoms with Crippen molar-refractivity contribution in [2.75, 3.05) is 43.5 Å². The van der Waals surface area contributed by atoms with E-state index in [0.29, 0.717) is 30.3 Å². The molecule has 2 aliphatic rings. The van der Waals surface area contributed by atoms with Crippen molar-refractivity contribution in [3.8, 4) is 0 Å². The van der Waals surface area contributed by atoms with Crippen molar-refractivity contribution in [3.05, 3.63) is 45.8 Å². The Bertz CT molecular complexity index is 887. The van der Waals surface area contributed by atoms with Crippen LogP contribution in [0.3, 0.4) is 0 Å². The topological polar surface area (TPSA) is 71.9 Å². The summed E-state index contributed by atoms with van der Waals surface area (Å²) in [4.78, 5) is 28.1. The molecule has 0 unspecified atom stereocenters. The van der Waals surface area contributed by atoms with Crippen LogP contribution in [-0.4, -0.2) is 44.7 Å². The van der Waals surface area contributed by atoms with E-state index in [0.717, 1.165) is 49.2 Å². The van der Waals surface area contributed by atoms with Gasteiger partial charge in [-0.05, 0) is 49.4 Å². The van der Waals surface area contributed by atoms with Gasteiger partial charge in [0.2, 0.25) is 0 Å². The maximum Gasteiger partial charge on any atom is 0.280 e. The minimum atomic E-state index is -0.140. The number of anilines is 2. The number of hydrogen-bond acceptors (Lipinski definition) is 4. The summed E-state index contributed by atoms with van der Waals surface area (Å²) >= 11 is 1.55. The number of nitrogens with one attached hydrogen (secondary N) is 3. The van der Waals surface area contributed by atoms with Gasteiger partial charge in [0.25, 0.3) is 11.8 Å². The second-order valence-electron chi connectivity index (χ2n) is 7.47. The Morgan fingerprint density at radius 3 is 2.79 bits per heavy atom. The van der Waals surface area contributed by atoms with Crippen molar-refractivity contribution < 1.29 is 19.2 Å². The lowest BCUT2D eigenvalue weighted by atomic mass is 10.1. The lowest BCUT2D eigenvalue weighted by Crippen LogP contribution is -3.15. The van der Waals surface area contributed by atoms with Crippen LogP contribution in [0, 0.1) is 6.92 Å². The minimum absolute atomic E-state index is 0.0403. The van der Waals surface area contributed by atoms with Gasteiger partial charge in [-0.2, -0.15) is 0 Å². The van der Waals surface area contributed by atoms with Crippen LogP contribution in [-0.2, 0) is 22.4 Å². The van der Waals surface area contributed by atoms with Crippen molar-refractivity contribution in [1.82, 2.24) is 0 Å². The maximum absolute atomic E-state index is 13.1. The number of amides is 2. The highest BCUT2D eigenvalue weighted by atomic mass is 32.1. The Labute approximate surface area is 168 Å². The third kappa shape index (κ3) is 4.27. The van der Waals surface area contributed by atoms with Crippen molar-refractivity contribution in [2.24, 2.45) is 0 Å². The Morgan fingerprint density at radius 1 is 1.18 bits per heavy atom. The molecular formula is C21H26N3O3S+. The van der Waals surface area contributed by atoms with E-state index in [4.69, 9.17) is 4.74 Å². The van der Waals surface area contributed by atoms with Crippen LogP contribution in [0.15, 0.2) is 24.3 Å². The molecule has 28 heavy (non-hydrogen) atoms. The molecule has 4 rings (SSSR count). The first-order valence-electron chi connectivity index (χ1n) is 9.84. The summed E-state index contributed by atoms with van der Waals surface area (Å²) in [5.74, 6) is -0.180. The molecule has 0 radical (unpaired) electrons. The van der Waals surface area contributed by atoms with E-state index in [2.05, 4.69) is 10.6 Å². The van der Waals surface area contributed by atoms with Gasteiger partial charge in [-0.1, -0.05) is 12.1 Å². The van der Waals surface area contributed by atoms with Gasteiger partial charge in [0, 0.05) is 10.6 Å². The first kappa shape index (κ1) is 19.1. The summed E-state index contributed by atoms with van der Waals surface area (Å²) in [5, 5.41) is 6.71. The summed E-state index contributed by atoms with van der Waals surface area (Å²) < 4.78 is 5.35. The van der Waals surface area contributed by atoms with Gasteiger partial charge in [-0.3, -0.25) is 9.59 Å². The zero-order chi connectivity index (χ0) is 19.5. The molecule has 1 aromatic heterocycles. The molecule has 2 amide bonds. The number of hydrogen-bond donors (Lipinski definition) is 3. The number of carbonyl (C=O) groups is 2. The minimum Gasteiger partial charge on any atom is -0.370 e. The summed E-state index contributed by atoms with van der Waals surface area (Å²) in [5.41, 5.74) is 3.61. The quantitative estimate of drug-likeness (QED) is 0.715. The molecule has 2 aromatic rings. The lowest BCUT2D eigenvalue weighted by molar-refractivity contribution is -0.899. The summed E-state index contributed by atoms with van der Waals surface area (Å²) in [6.07, 6.45) is 2.94. The van der Waals surface area contributed by atoms with E-state index < -0.39 is 0 Å². The molecule has 0 spiro atoms. The first-order chi connectivity index (χ1) is 13.6. The SMILES string of the molecule is Cc1cccc(NC(=O)c2c(NC(=O)C[NH+]3CCOCC3)sc3c2CCC3)c1. The van der Waals surface area contributed by atoms with Crippen LogP contribution in [0.5, 0.6) is 0 Å². The van der Waals surface area contributed by atoms with Gasteiger partial charge >= 0.3 is 0 Å². The normalized spacial score (nSPS) is 16.6. The van der Waals surface area contributed by atoms with Crippen molar-refractivity contribution in [1.29, 1.82) is 0 Å². The molecule has 1 fully saturated rings. The molecule has 0 saturated carbocycles. The highest BCUT2D eigenvalue weighted by Crippen LogP contribution is 2.39. The van der Waals surface area contributed by atoms with Crippen LogP contribution in [0.25, 0.3) is 0 Å². The summed E-state index contributed by atoms with van der Waals surface area (Å²) in [6, 6.07) is 7.76. The van der Waals surface area contributed by atoms with Crippen LogP contribution < -0.4 is 15.5 Å². The number of morpholine rings is 1. The molecule has 1 aromatic carbocycles. The zero-order valence-corrected chi connectivity index (χ0v) is 16.9. The molecule has 148 valence electrons. The van der Waals surface area contributed by atoms with Gasteiger partial charge in [0.1, 0.15) is 18.1 Å². The second kappa shape index (κ2) is 8.43. The van der Waals surface area contributed by atoms with Crippen molar-refractivity contribution >= 4 is 33.8 Å². The van der Waals surface area contributed by atoms with Crippen LogP contribution in [0.1, 0.15) is 32.8 Å². The van der Waals surface area contributed by atoms with Gasteiger partial charge in [0.05, 0.1) is 18.8 Å². The average Bonchev–Trinajstić information content (AvgIpc) is 3.23. The predicted octanol–water partition coefficient (Wildman–Crippen LogP) is 1.65. The molecule has 2 heterocycles. The van der Waals surface area contributed by atoms with E-state index in [9.17, 15) is 9.59 Å². The van der Waals surface area contributed by atoms with Gasteiger partial charge in [-0.15, -0.1) is 11.3 Å². The van der Waals surface area contributed by atoms with E-state index in [1.165, 1.54) is 9.78 Å². The number of carbonyl (C=O) groups excluding carboxylic acids is 2. The number of quaternary nitrogens is 1. The molecule has 3 N–H and O–H groups in total. The summed E-state index contributed by atoms with van der Waals surface area (Å²) in [6.45, 7) is 5.48. The number of fused-ring (bicyclic) bond motifs is 1. The molecule has 0 atom stereocenters. The molecule has 6 nitrogen and oxygen atoms in total. The number of aryl methyl sites for hydroxylation is 2. The summed E-state index contributed by atoms with van der Waals surface area (Å²) in [7, 11) is 0. The highest BCUT2D eigenvalue weighted by molar-refractivity contribution is 7.17. The number of ether oxygens (including phenoxy) is 1. The largest absolute Gasteiger partial charge is 0.370 e. The fourth-order valence-electron chi connectivity index (χ4n) is 3.88. The highest BCUT2D eigenvalue weighted by Gasteiger charge is 2.28. The lowest BCUT2D eigenvalue weighted by Gasteiger charge is -2.23. The zero-order valence-electron chi connectivity index (χ0n) is 16.1. The third-order valence-corrected chi connectivity index (χ3v) is 6.49. The third-order valence-electron chi connectivity index (χ3n) is 5.29. The van der Waals surface area contributed by atoms with Crippen LogP contribution in [0.4, 0.5) is 10.7 Å². The van der Waals surface area contributed by atoms with E-state index in [-0.39, 0.29) is 11.8 Å². The second-order valence-corrected chi connectivity index (χ2v) is 8.58. The van der Waals surface area contributed by atoms with E-state index in [1.54, 1.807) is 11.3 Å².